The lowest BCUT2D eigenvalue weighted by molar-refractivity contribution is 0.0996. The summed E-state index contributed by atoms with van der Waals surface area (Å²) < 4.78 is 13.4. The van der Waals surface area contributed by atoms with Crippen LogP contribution in [0.25, 0.3) is 11.0 Å². The summed E-state index contributed by atoms with van der Waals surface area (Å²) in [7, 11) is 0. The van der Waals surface area contributed by atoms with Crippen LogP contribution >= 0.6 is 0 Å². The smallest absolute Gasteiger partial charge is 0.411 e. The van der Waals surface area contributed by atoms with Gasteiger partial charge in [0.15, 0.2) is 5.78 Å². The Balaban J connectivity index is 1.64. The van der Waals surface area contributed by atoms with Crippen molar-refractivity contribution >= 4 is 40.5 Å². The fourth-order valence-electron chi connectivity index (χ4n) is 3.11. The van der Waals surface area contributed by atoms with Gasteiger partial charge in [0.25, 0.3) is 5.91 Å². The summed E-state index contributed by atoms with van der Waals surface area (Å²) in [6, 6.07) is 16.4. The van der Waals surface area contributed by atoms with Crippen molar-refractivity contribution < 1.29 is 23.9 Å². The molecule has 0 spiro atoms. The molecule has 154 valence electrons. The lowest BCUT2D eigenvalue weighted by Crippen LogP contribution is -2.17. The quantitative estimate of drug-likeness (QED) is 0.360. The molecule has 0 unspecified atom stereocenters. The minimum absolute atomic E-state index is 0.0296. The third-order valence-electron chi connectivity index (χ3n) is 4.47. The Morgan fingerprint density at radius 3 is 2.42 bits per heavy atom. The molecule has 4 N–H and O–H groups in total. The maximum atomic E-state index is 13.4. The minimum atomic E-state index is -1.27. The van der Waals surface area contributed by atoms with Crippen LogP contribution in [0, 0.1) is 5.82 Å². The van der Waals surface area contributed by atoms with E-state index in [2.05, 4.69) is 20.6 Å². The Morgan fingerprint density at radius 1 is 0.903 bits per heavy atom. The molecule has 1 aromatic heterocycles. The highest BCUT2D eigenvalue weighted by Gasteiger charge is 2.19. The van der Waals surface area contributed by atoms with E-state index < -0.39 is 23.6 Å². The normalized spacial score (nSPS) is 10.6. The van der Waals surface area contributed by atoms with E-state index in [4.69, 9.17) is 5.11 Å². The zero-order valence-corrected chi connectivity index (χ0v) is 15.8. The molecule has 0 saturated carbocycles. The van der Waals surface area contributed by atoms with E-state index in [9.17, 15) is 18.8 Å². The Kier molecular flexibility index (Phi) is 5.15. The average Bonchev–Trinajstić information content (AvgIpc) is 3.13. The fraction of sp³-hybridized carbons (Fsp3) is 0. The van der Waals surface area contributed by atoms with Gasteiger partial charge in [-0.15, -0.1) is 0 Å². The Labute approximate surface area is 174 Å². The molecule has 0 aliphatic carbocycles. The highest BCUT2D eigenvalue weighted by molar-refractivity contribution is 6.18. The molecule has 0 aliphatic rings. The monoisotopic (exact) mass is 418 g/mol. The first kappa shape index (κ1) is 19.8. The maximum Gasteiger partial charge on any atom is 0.411 e. The first-order valence-corrected chi connectivity index (χ1v) is 9.11. The minimum Gasteiger partial charge on any atom is -0.465 e. The summed E-state index contributed by atoms with van der Waals surface area (Å²) in [5, 5.41) is 13.5. The van der Waals surface area contributed by atoms with Gasteiger partial charge in [0.1, 0.15) is 5.82 Å². The van der Waals surface area contributed by atoms with Gasteiger partial charge >= 0.3 is 6.09 Å². The molecule has 0 aliphatic heterocycles. The number of hydrogen-bond acceptors (Lipinski definition) is 4. The first-order chi connectivity index (χ1) is 14.9. The van der Waals surface area contributed by atoms with Crippen LogP contribution in [0.2, 0.25) is 0 Å². The zero-order valence-electron chi connectivity index (χ0n) is 15.8. The number of carbonyl (C=O) groups excluding carboxylic acids is 2. The number of aromatic amines is 1. The number of ketones is 1. The number of nitrogens with one attached hydrogen (secondary N) is 3. The number of carbonyl (C=O) groups is 3. The number of aromatic nitrogens is 2. The molecule has 8 nitrogen and oxygen atoms in total. The van der Waals surface area contributed by atoms with Crippen molar-refractivity contribution in [3.05, 3.63) is 89.2 Å². The summed E-state index contributed by atoms with van der Waals surface area (Å²) in [4.78, 5) is 43.5. The zero-order chi connectivity index (χ0) is 22.0. The first-order valence-electron chi connectivity index (χ1n) is 9.11. The molecule has 3 aromatic carbocycles. The predicted octanol–water partition coefficient (Wildman–Crippen LogP) is 4.28. The van der Waals surface area contributed by atoms with Crippen molar-refractivity contribution in [3.8, 4) is 0 Å². The van der Waals surface area contributed by atoms with Crippen LogP contribution in [0.5, 0.6) is 0 Å². The molecule has 1 heterocycles. The van der Waals surface area contributed by atoms with Gasteiger partial charge in [-0.3, -0.25) is 14.9 Å². The largest absolute Gasteiger partial charge is 0.465 e. The summed E-state index contributed by atoms with van der Waals surface area (Å²) in [6.07, 6.45) is -1.27. The van der Waals surface area contributed by atoms with Crippen molar-refractivity contribution in [2.45, 2.75) is 0 Å². The highest BCUT2D eigenvalue weighted by Crippen LogP contribution is 2.21. The second-order valence-electron chi connectivity index (χ2n) is 6.59. The van der Waals surface area contributed by atoms with Crippen LogP contribution in [-0.4, -0.2) is 32.9 Å². The number of fused-ring (bicyclic) bond motifs is 1. The van der Waals surface area contributed by atoms with Crippen LogP contribution < -0.4 is 10.6 Å². The molecule has 0 fully saturated rings. The van der Waals surface area contributed by atoms with Gasteiger partial charge in [-0.1, -0.05) is 24.3 Å². The van der Waals surface area contributed by atoms with E-state index in [1.54, 1.807) is 24.3 Å². The summed E-state index contributed by atoms with van der Waals surface area (Å²) >= 11 is 0. The molecule has 0 atom stereocenters. The molecule has 0 radical (unpaired) electrons. The summed E-state index contributed by atoms with van der Waals surface area (Å²) in [6.45, 7) is 0. The van der Waals surface area contributed by atoms with E-state index in [1.165, 1.54) is 42.5 Å². The Hall–Kier alpha value is -4.53. The number of amides is 2. The van der Waals surface area contributed by atoms with Gasteiger partial charge in [0.05, 0.1) is 16.6 Å². The standard InChI is InChI=1S/C22H15FN4O4/c23-13-4-3-5-14(11-13)24-20(29)16-7-2-1-6-15(16)19(28)12-8-9-17-18(10-12)26-21(25-17)27-22(30)31/h1-11H,(H,24,29)(H,30,31)(H2,25,26,27). The van der Waals surface area contributed by atoms with Crippen LogP contribution in [0.3, 0.4) is 0 Å². The summed E-state index contributed by atoms with van der Waals surface area (Å²) in [5.41, 5.74) is 1.77. The number of hydrogen-bond donors (Lipinski definition) is 4. The van der Waals surface area contributed by atoms with Crippen LogP contribution in [0.1, 0.15) is 26.3 Å². The van der Waals surface area contributed by atoms with Crippen LogP contribution in [0.15, 0.2) is 66.7 Å². The lowest BCUT2D eigenvalue weighted by atomic mass is 9.97. The number of imidazole rings is 1. The molecule has 0 bridgehead atoms. The van der Waals surface area contributed by atoms with E-state index in [0.29, 0.717) is 11.0 Å². The Morgan fingerprint density at radius 2 is 1.68 bits per heavy atom. The average molecular weight is 418 g/mol. The molecule has 31 heavy (non-hydrogen) atoms. The van der Waals surface area contributed by atoms with Gasteiger partial charge in [-0.05, 0) is 42.5 Å². The topological polar surface area (TPSA) is 124 Å². The van der Waals surface area contributed by atoms with Gasteiger partial charge in [-0.2, -0.15) is 0 Å². The van der Waals surface area contributed by atoms with E-state index in [-0.39, 0.29) is 28.3 Å². The molecular formula is C22H15FN4O4. The maximum absolute atomic E-state index is 13.4. The number of carboxylic acid groups (broad SMARTS) is 1. The SMILES string of the molecule is O=C(O)Nc1nc2ccc(C(=O)c3ccccc3C(=O)Nc3cccc(F)c3)cc2[nH]1. The number of halogens is 1. The van der Waals surface area contributed by atoms with Gasteiger partial charge in [0.2, 0.25) is 5.95 Å². The van der Waals surface area contributed by atoms with Gasteiger partial charge < -0.3 is 15.4 Å². The second-order valence-corrected chi connectivity index (χ2v) is 6.59. The third-order valence-corrected chi connectivity index (χ3v) is 4.47. The number of anilines is 2. The van der Waals surface area contributed by atoms with Crippen LogP contribution in [0.4, 0.5) is 20.8 Å². The fourth-order valence-corrected chi connectivity index (χ4v) is 3.11. The molecule has 4 rings (SSSR count). The van der Waals surface area contributed by atoms with E-state index >= 15 is 0 Å². The number of nitrogens with zero attached hydrogens (tertiary/aromatic N) is 1. The van der Waals surface area contributed by atoms with E-state index in [0.717, 1.165) is 0 Å². The lowest BCUT2D eigenvalue weighted by Gasteiger charge is -2.10. The van der Waals surface area contributed by atoms with Crippen molar-refractivity contribution in [3.63, 3.8) is 0 Å². The van der Waals surface area contributed by atoms with Crippen molar-refractivity contribution in [2.24, 2.45) is 0 Å². The van der Waals surface area contributed by atoms with Crippen molar-refractivity contribution in [1.29, 1.82) is 0 Å². The van der Waals surface area contributed by atoms with Gasteiger partial charge in [-0.25, -0.2) is 14.2 Å². The molecule has 2 amide bonds. The molecule has 0 saturated heterocycles. The predicted molar refractivity (Wildman–Crippen MR) is 112 cm³/mol. The second kappa shape index (κ2) is 8.07. The van der Waals surface area contributed by atoms with Gasteiger partial charge in [0, 0.05) is 16.8 Å². The number of rotatable bonds is 5. The molecular weight excluding hydrogens is 403 g/mol. The van der Waals surface area contributed by atoms with Crippen molar-refractivity contribution in [2.75, 3.05) is 10.6 Å². The number of benzene rings is 3. The van der Waals surface area contributed by atoms with Crippen molar-refractivity contribution in [1.82, 2.24) is 9.97 Å². The van der Waals surface area contributed by atoms with E-state index in [1.807, 2.05) is 0 Å². The third kappa shape index (κ3) is 4.25. The summed E-state index contributed by atoms with van der Waals surface area (Å²) in [5.74, 6) is -1.42. The molecule has 4 aromatic rings. The molecule has 9 heteroatoms. The Bertz CT molecular complexity index is 1330. The highest BCUT2D eigenvalue weighted by atomic mass is 19.1. The van der Waals surface area contributed by atoms with Crippen LogP contribution in [-0.2, 0) is 0 Å². The number of H-pyrrole nitrogens is 1.